The molecule has 0 radical (unpaired) electrons. The van der Waals surface area contributed by atoms with Gasteiger partial charge in [-0.1, -0.05) is 11.6 Å². The number of carbonyl (C=O) groups excluding carboxylic acids is 1. The average molecular weight is 243 g/mol. The molecule has 5 heteroatoms. The van der Waals surface area contributed by atoms with Crippen molar-refractivity contribution in [2.24, 2.45) is 5.73 Å². The first-order chi connectivity index (χ1) is 7.54. The number of ether oxygens (including phenoxy) is 1. The average Bonchev–Trinajstić information content (AvgIpc) is 2.23. The Morgan fingerprint density at radius 2 is 2.25 bits per heavy atom. The van der Waals surface area contributed by atoms with Crippen LogP contribution in [0.25, 0.3) is 0 Å². The summed E-state index contributed by atoms with van der Waals surface area (Å²) in [5.41, 5.74) is 12.8. The zero-order valence-electron chi connectivity index (χ0n) is 9.07. The van der Waals surface area contributed by atoms with Crippen LogP contribution in [0.2, 0.25) is 5.02 Å². The molecule has 1 atom stereocenters. The van der Waals surface area contributed by atoms with E-state index in [4.69, 9.17) is 27.8 Å². The van der Waals surface area contributed by atoms with E-state index in [1.807, 2.05) is 0 Å². The first-order valence-electron chi connectivity index (χ1n) is 5.00. The third kappa shape index (κ3) is 3.40. The lowest BCUT2D eigenvalue weighted by Gasteiger charge is -2.12. The summed E-state index contributed by atoms with van der Waals surface area (Å²) in [4.78, 5) is 11.3. The van der Waals surface area contributed by atoms with Gasteiger partial charge in [-0.15, -0.1) is 0 Å². The molecule has 1 aromatic carbocycles. The van der Waals surface area contributed by atoms with Gasteiger partial charge in [0, 0.05) is 17.1 Å². The molecule has 4 N–H and O–H groups in total. The maximum Gasteiger partial charge on any atom is 0.323 e. The van der Waals surface area contributed by atoms with Crippen molar-refractivity contribution in [2.75, 3.05) is 12.3 Å². The molecule has 0 saturated heterocycles. The molecule has 1 aromatic rings. The number of nitrogens with two attached hydrogens (primary N) is 2. The molecule has 4 nitrogen and oxygen atoms in total. The number of anilines is 1. The van der Waals surface area contributed by atoms with Crippen LogP contribution in [0.4, 0.5) is 5.69 Å². The van der Waals surface area contributed by atoms with Crippen molar-refractivity contribution >= 4 is 23.3 Å². The Kier molecular flexibility index (Phi) is 4.58. The topological polar surface area (TPSA) is 78.3 Å². The van der Waals surface area contributed by atoms with E-state index in [-0.39, 0.29) is 0 Å². The molecule has 1 unspecified atom stereocenters. The van der Waals surface area contributed by atoms with E-state index in [2.05, 4.69) is 0 Å². The van der Waals surface area contributed by atoms with Crippen molar-refractivity contribution in [3.8, 4) is 0 Å². The van der Waals surface area contributed by atoms with Crippen LogP contribution >= 0.6 is 11.6 Å². The molecule has 1 rings (SSSR count). The normalized spacial score (nSPS) is 12.2. The van der Waals surface area contributed by atoms with Gasteiger partial charge in [-0.3, -0.25) is 4.79 Å². The third-order valence-electron chi connectivity index (χ3n) is 2.13. The van der Waals surface area contributed by atoms with Crippen LogP contribution in [-0.2, 0) is 16.0 Å². The number of rotatable bonds is 4. The zero-order valence-corrected chi connectivity index (χ0v) is 9.83. The third-order valence-corrected chi connectivity index (χ3v) is 2.37. The summed E-state index contributed by atoms with van der Waals surface area (Å²) in [6.45, 7) is 2.05. The first-order valence-corrected chi connectivity index (χ1v) is 5.38. The van der Waals surface area contributed by atoms with E-state index in [1.165, 1.54) is 0 Å². The molecule has 0 aliphatic carbocycles. The van der Waals surface area contributed by atoms with E-state index in [1.54, 1.807) is 25.1 Å². The minimum atomic E-state index is -0.708. The lowest BCUT2D eigenvalue weighted by Crippen LogP contribution is -2.34. The van der Waals surface area contributed by atoms with Crippen molar-refractivity contribution in [3.05, 3.63) is 28.8 Å². The molecular weight excluding hydrogens is 228 g/mol. The molecule has 0 spiro atoms. The highest BCUT2D eigenvalue weighted by molar-refractivity contribution is 6.30. The summed E-state index contributed by atoms with van der Waals surface area (Å²) in [5, 5.41) is 0.570. The van der Waals surface area contributed by atoms with Crippen molar-refractivity contribution < 1.29 is 9.53 Å². The van der Waals surface area contributed by atoms with Crippen LogP contribution in [0.5, 0.6) is 0 Å². The standard InChI is InChI=1S/C11H15ClN2O2/c1-2-16-11(15)10(14)6-7-5-8(12)3-4-9(7)13/h3-5,10H,2,6,13-14H2,1H3. The van der Waals surface area contributed by atoms with Gasteiger partial charge in [-0.25, -0.2) is 0 Å². The van der Waals surface area contributed by atoms with Crippen LogP contribution in [0.1, 0.15) is 12.5 Å². The molecule has 0 aliphatic rings. The van der Waals surface area contributed by atoms with Crippen molar-refractivity contribution in [1.82, 2.24) is 0 Å². The molecule has 0 aromatic heterocycles. The number of hydrogen-bond acceptors (Lipinski definition) is 4. The summed E-state index contributed by atoms with van der Waals surface area (Å²) < 4.78 is 4.81. The molecule has 0 saturated carbocycles. The highest BCUT2D eigenvalue weighted by atomic mass is 35.5. The number of hydrogen-bond donors (Lipinski definition) is 2. The minimum absolute atomic E-state index is 0.317. The van der Waals surface area contributed by atoms with Crippen LogP contribution in [-0.4, -0.2) is 18.6 Å². The smallest absolute Gasteiger partial charge is 0.323 e. The SMILES string of the molecule is CCOC(=O)C(N)Cc1cc(Cl)ccc1N. The van der Waals surface area contributed by atoms with Gasteiger partial charge in [0.15, 0.2) is 0 Å². The summed E-state index contributed by atoms with van der Waals surface area (Å²) in [6, 6.07) is 4.38. The largest absolute Gasteiger partial charge is 0.465 e. The maximum atomic E-state index is 11.3. The fraction of sp³-hybridized carbons (Fsp3) is 0.364. The van der Waals surface area contributed by atoms with Gasteiger partial charge in [0.05, 0.1) is 6.61 Å². The first kappa shape index (κ1) is 12.8. The molecule has 0 heterocycles. The molecular formula is C11H15ClN2O2. The Labute approximate surface area is 99.5 Å². The molecule has 88 valence electrons. The van der Waals surface area contributed by atoms with Crippen LogP contribution in [0.15, 0.2) is 18.2 Å². The van der Waals surface area contributed by atoms with Gasteiger partial charge < -0.3 is 16.2 Å². The number of nitrogen functional groups attached to an aromatic ring is 1. The van der Waals surface area contributed by atoms with E-state index in [9.17, 15) is 4.79 Å². The van der Waals surface area contributed by atoms with Gasteiger partial charge in [0.25, 0.3) is 0 Å². The second-order valence-electron chi connectivity index (χ2n) is 3.41. The Morgan fingerprint density at radius 3 is 2.88 bits per heavy atom. The second kappa shape index (κ2) is 5.72. The second-order valence-corrected chi connectivity index (χ2v) is 3.84. The number of halogens is 1. The Hall–Kier alpha value is -1.26. The van der Waals surface area contributed by atoms with Gasteiger partial charge in [-0.05, 0) is 30.7 Å². The number of benzene rings is 1. The summed E-state index contributed by atoms with van der Waals surface area (Å²) in [7, 11) is 0. The van der Waals surface area contributed by atoms with Gasteiger partial charge in [0.2, 0.25) is 0 Å². The Morgan fingerprint density at radius 1 is 1.56 bits per heavy atom. The lowest BCUT2D eigenvalue weighted by molar-refractivity contribution is -0.144. The van der Waals surface area contributed by atoms with Gasteiger partial charge >= 0.3 is 5.97 Å². The van der Waals surface area contributed by atoms with E-state index in [0.29, 0.717) is 23.7 Å². The number of esters is 1. The van der Waals surface area contributed by atoms with Crippen molar-refractivity contribution in [3.63, 3.8) is 0 Å². The monoisotopic (exact) mass is 242 g/mol. The predicted molar refractivity (Wildman–Crippen MR) is 64.2 cm³/mol. The summed E-state index contributed by atoms with van der Waals surface area (Å²) >= 11 is 5.83. The Balaban J connectivity index is 2.72. The van der Waals surface area contributed by atoms with Crippen LogP contribution < -0.4 is 11.5 Å². The molecule has 0 fully saturated rings. The van der Waals surface area contributed by atoms with E-state index in [0.717, 1.165) is 5.56 Å². The lowest BCUT2D eigenvalue weighted by atomic mass is 10.0. The highest BCUT2D eigenvalue weighted by Crippen LogP contribution is 2.19. The van der Waals surface area contributed by atoms with Crippen molar-refractivity contribution in [2.45, 2.75) is 19.4 Å². The molecule has 16 heavy (non-hydrogen) atoms. The predicted octanol–water partition coefficient (Wildman–Crippen LogP) is 1.36. The van der Waals surface area contributed by atoms with Gasteiger partial charge in [0.1, 0.15) is 6.04 Å². The van der Waals surface area contributed by atoms with Crippen LogP contribution in [0, 0.1) is 0 Å². The minimum Gasteiger partial charge on any atom is -0.465 e. The zero-order chi connectivity index (χ0) is 12.1. The van der Waals surface area contributed by atoms with Crippen molar-refractivity contribution in [1.29, 1.82) is 0 Å². The fourth-order valence-corrected chi connectivity index (χ4v) is 1.52. The highest BCUT2D eigenvalue weighted by Gasteiger charge is 2.16. The van der Waals surface area contributed by atoms with E-state index >= 15 is 0 Å². The maximum absolute atomic E-state index is 11.3. The molecule has 0 bridgehead atoms. The van der Waals surface area contributed by atoms with Crippen LogP contribution in [0.3, 0.4) is 0 Å². The Bertz CT molecular complexity index is 382. The molecule has 0 aliphatic heterocycles. The molecule has 0 amide bonds. The summed E-state index contributed by atoms with van der Waals surface area (Å²) in [6.07, 6.45) is 0.325. The quantitative estimate of drug-likeness (QED) is 0.617. The summed E-state index contributed by atoms with van der Waals surface area (Å²) in [5.74, 6) is -0.429. The van der Waals surface area contributed by atoms with E-state index < -0.39 is 12.0 Å². The fourth-order valence-electron chi connectivity index (χ4n) is 1.32. The van der Waals surface area contributed by atoms with Gasteiger partial charge in [-0.2, -0.15) is 0 Å². The number of carbonyl (C=O) groups is 1.